The maximum absolute atomic E-state index is 5.58. The third kappa shape index (κ3) is 1.82. The molecule has 0 unspecified atom stereocenters. The lowest BCUT2D eigenvalue weighted by atomic mass is 10.3. The Bertz CT molecular complexity index is 224. The molecular formula is C6H5BrIN. The molecule has 0 aromatic heterocycles. The van der Waals surface area contributed by atoms with E-state index < -0.39 is 0 Å². The van der Waals surface area contributed by atoms with Gasteiger partial charge in [0.05, 0.1) is 0 Å². The van der Waals surface area contributed by atoms with Gasteiger partial charge < -0.3 is 5.73 Å². The van der Waals surface area contributed by atoms with Crippen LogP contribution in [0.15, 0.2) is 22.7 Å². The van der Waals surface area contributed by atoms with Gasteiger partial charge in [-0.25, -0.2) is 0 Å². The van der Waals surface area contributed by atoms with Crippen molar-refractivity contribution in [2.45, 2.75) is 0 Å². The average molecular weight is 298 g/mol. The number of nitrogen functional groups attached to an aromatic ring is 1. The van der Waals surface area contributed by atoms with Crippen LogP contribution >= 0.6 is 38.5 Å². The molecule has 9 heavy (non-hydrogen) atoms. The molecule has 0 bridgehead atoms. The molecule has 0 aliphatic carbocycles. The van der Waals surface area contributed by atoms with E-state index in [0.29, 0.717) is 0 Å². The zero-order valence-corrected chi connectivity index (χ0v) is 8.31. The van der Waals surface area contributed by atoms with Crippen LogP contribution < -0.4 is 5.73 Å². The predicted molar refractivity (Wildman–Crippen MR) is 51.3 cm³/mol. The maximum Gasteiger partial charge on any atom is 0.0461 e. The second-order valence-corrected chi connectivity index (χ2v) is 3.74. The second kappa shape index (κ2) is 2.88. The van der Waals surface area contributed by atoms with Crippen molar-refractivity contribution >= 4 is 44.2 Å². The van der Waals surface area contributed by atoms with Crippen molar-refractivity contribution in [3.8, 4) is 0 Å². The minimum absolute atomic E-state index is 0.824. The normalized spacial score (nSPS) is 9.56. The van der Waals surface area contributed by atoms with E-state index in [1.807, 2.05) is 18.2 Å². The molecule has 1 aromatic rings. The van der Waals surface area contributed by atoms with E-state index >= 15 is 0 Å². The molecule has 0 spiro atoms. The fourth-order valence-corrected chi connectivity index (χ4v) is 1.23. The number of hydrogen-bond acceptors (Lipinski definition) is 1. The van der Waals surface area contributed by atoms with E-state index in [1.54, 1.807) is 0 Å². The van der Waals surface area contributed by atoms with Gasteiger partial charge >= 0.3 is 0 Å². The summed E-state index contributed by atoms with van der Waals surface area (Å²) in [5, 5.41) is 0. The zero-order chi connectivity index (χ0) is 6.85. The largest absolute Gasteiger partial charge is 0.398 e. The van der Waals surface area contributed by atoms with Crippen LogP contribution in [0.2, 0.25) is 0 Å². The van der Waals surface area contributed by atoms with Gasteiger partial charge in [-0.05, 0) is 40.8 Å². The molecule has 1 nitrogen and oxygen atoms in total. The molecule has 48 valence electrons. The van der Waals surface area contributed by atoms with Crippen LogP contribution in [-0.4, -0.2) is 0 Å². The highest BCUT2D eigenvalue weighted by Crippen LogP contribution is 2.19. The van der Waals surface area contributed by atoms with Gasteiger partial charge in [0.2, 0.25) is 0 Å². The van der Waals surface area contributed by atoms with Crippen molar-refractivity contribution in [2.75, 3.05) is 5.73 Å². The number of rotatable bonds is 0. The van der Waals surface area contributed by atoms with Crippen molar-refractivity contribution in [2.24, 2.45) is 0 Å². The van der Waals surface area contributed by atoms with Crippen LogP contribution in [0, 0.1) is 3.57 Å². The van der Waals surface area contributed by atoms with Crippen LogP contribution in [0.4, 0.5) is 5.69 Å². The maximum atomic E-state index is 5.58. The molecule has 1 aromatic carbocycles. The van der Waals surface area contributed by atoms with Crippen LogP contribution in [0.25, 0.3) is 0 Å². The lowest BCUT2D eigenvalue weighted by molar-refractivity contribution is 1.59. The lowest BCUT2D eigenvalue weighted by Gasteiger charge is -1.95. The highest BCUT2D eigenvalue weighted by molar-refractivity contribution is 14.1. The van der Waals surface area contributed by atoms with Gasteiger partial charge in [0, 0.05) is 13.7 Å². The molecule has 0 radical (unpaired) electrons. The van der Waals surface area contributed by atoms with Crippen molar-refractivity contribution in [1.82, 2.24) is 0 Å². The number of benzene rings is 1. The summed E-state index contributed by atoms with van der Waals surface area (Å²) in [6.07, 6.45) is 0. The van der Waals surface area contributed by atoms with E-state index in [4.69, 9.17) is 5.73 Å². The standard InChI is InChI=1S/C6H5BrIN/c7-4-1-2-5(8)6(9)3-4/h1-3H,9H2. The van der Waals surface area contributed by atoms with Gasteiger partial charge in [-0.2, -0.15) is 0 Å². The van der Waals surface area contributed by atoms with Crippen LogP contribution in [-0.2, 0) is 0 Å². The van der Waals surface area contributed by atoms with E-state index in [2.05, 4.69) is 38.5 Å². The Labute approximate surface area is 75.9 Å². The highest BCUT2D eigenvalue weighted by atomic mass is 127. The Morgan fingerprint density at radius 2 is 2.11 bits per heavy atom. The molecule has 1 rings (SSSR count). The van der Waals surface area contributed by atoms with Gasteiger partial charge in [0.15, 0.2) is 0 Å². The number of anilines is 1. The first kappa shape index (κ1) is 7.34. The van der Waals surface area contributed by atoms with Crippen molar-refractivity contribution in [1.29, 1.82) is 0 Å². The molecule has 0 saturated heterocycles. The van der Waals surface area contributed by atoms with Gasteiger partial charge in [-0.3, -0.25) is 0 Å². The Balaban J connectivity index is 3.17. The Morgan fingerprint density at radius 1 is 1.44 bits per heavy atom. The summed E-state index contributed by atoms with van der Waals surface area (Å²) in [5.41, 5.74) is 6.41. The summed E-state index contributed by atoms with van der Waals surface area (Å²) in [6, 6.07) is 5.83. The first-order chi connectivity index (χ1) is 4.20. The third-order valence-corrected chi connectivity index (χ3v) is 2.43. The molecule has 3 heteroatoms. The van der Waals surface area contributed by atoms with Gasteiger partial charge in [0.25, 0.3) is 0 Å². The van der Waals surface area contributed by atoms with Crippen molar-refractivity contribution < 1.29 is 0 Å². The van der Waals surface area contributed by atoms with E-state index in [9.17, 15) is 0 Å². The molecule has 0 heterocycles. The van der Waals surface area contributed by atoms with Crippen LogP contribution in [0.1, 0.15) is 0 Å². The summed E-state index contributed by atoms with van der Waals surface area (Å²) < 4.78 is 2.12. The van der Waals surface area contributed by atoms with Gasteiger partial charge in [-0.1, -0.05) is 15.9 Å². The van der Waals surface area contributed by atoms with Crippen molar-refractivity contribution in [3.05, 3.63) is 26.2 Å². The summed E-state index contributed by atoms with van der Waals surface area (Å²) in [7, 11) is 0. The quantitative estimate of drug-likeness (QED) is 0.578. The molecule has 0 fully saturated rings. The average Bonchev–Trinajstić information content (AvgIpc) is 1.80. The van der Waals surface area contributed by atoms with Crippen LogP contribution in [0.5, 0.6) is 0 Å². The minimum Gasteiger partial charge on any atom is -0.398 e. The molecule has 0 aliphatic heterocycles. The molecular weight excluding hydrogens is 293 g/mol. The molecule has 0 aliphatic rings. The summed E-state index contributed by atoms with van der Waals surface area (Å²) in [5.74, 6) is 0. The lowest BCUT2D eigenvalue weighted by Crippen LogP contribution is -1.87. The first-order valence-electron chi connectivity index (χ1n) is 2.40. The summed E-state index contributed by atoms with van der Waals surface area (Å²) in [4.78, 5) is 0. The summed E-state index contributed by atoms with van der Waals surface area (Å²) >= 11 is 5.51. The van der Waals surface area contributed by atoms with Gasteiger partial charge in [0.1, 0.15) is 0 Å². The Morgan fingerprint density at radius 3 is 2.56 bits per heavy atom. The SMILES string of the molecule is Nc1cc(Br)ccc1I. The molecule has 0 amide bonds. The Hall–Kier alpha value is 0.230. The van der Waals surface area contributed by atoms with Crippen molar-refractivity contribution in [3.63, 3.8) is 0 Å². The fourth-order valence-electron chi connectivity index (χ4n) is 0.515. The summed E-state index contributed by atoms with van der Waals surface area (Å²) in [6.45, 7) is 0. The molecule has 2 N–H and O–H groups in total. The monoisotopic (exact) mass is 297 g/mol. The molecule has 0 atom stereocenters. The van der Waals surface area contributed by atoms with E-state index in [0.717, 1.165) is 13.7 Å². The predicted octanol–water partition coefficient (Wildman–Crippen LogP) is 2.64. The van der Waals surface area contributed by atoms with Crippen LogP contribution in [0.3, 0.4) is 0 Å². The highest BCUT2D eigenvalue weighted by Gasteiger charge is 1.92. The Kier molecular flexibility index (Phi) is 2.35. The third-order valence-electron chi connectivity index (χ3n) is 0.958. The fraction of sp³-hybridized carbons (Fsp3) is 0. The number of hydrogen-bond donors (Lipinski definition) is 1. The topological polar surface area (TPSA) is 26.0 Å². The number of halogens is 2. The van der Waals surface area contributed by atoms with E-state index in [-0.39, 0.29) is 0 Å². The second-order valence-electron chi connectivity index (χ2n) is 1.67. The smallest absolute Gasteiger partial charge is 0.0461 e. The first-order valence-corrected chi connectivity index (χ1v) is 4.28. The molecule has 0 saturated carbocycles. The number of nitrogens with two attached hydrogens (primary N) is 1. The van der Waals surface area contributed by atoms with E-state index in [1.165, 1.54) is 0 Å². The minimum atomic E-state index is 0.824. The van der Waals surface area contributed by atoms with Gasteiger partial charge in [-0.15, -0.1) is 0 Å². The zero-order valence-electron chi connectivity index (χ0n) is 4.57.